The Morgan fingerprint density at radius 2 is 2.35 bits per heavy atom. The molecular formula is C11H21BINO3. The quantitative estimate of drug-likeness (QED) is 0.365. The van der Waals surface area contributed by atoms with Gasteiger partial charge in [0.1, 0.15) is 0 Å². The molecule has 0 aromatic carbocycles. The van der Waals surface area contributed by atoms with Gasteiger partial charge in [0.15, 0.2) is 0 Å². The molecule has 0 aliphatic heterocycles. The van der Waals surface area contributed by atoms with Crippen molar-refractivity contribution in [2.45, 2.75) is 42.3 Å². The number of aliphatic hydroxyl groups is 2. The first-order chi connectivity index (χ1) is 8.10. The number of aliphatic hydroxyl groups excluding tert-OH is 2. The second-order valence-corrected chi connectivity index (χ2v) is 5.97. The van der Waals surface area contributed by atoms with E-state index in [9.17, 15) is 5.11 Å². The lowest BCUT2D eigenvalue weighted by Crippen LogP contribution is -2.30. The maximum atomic E-state index is 9.90. The molecule has 0 aromatic heterocycles. The zero-order valence-electron chi connectivity index (χ0n) is 10.2. The molecule has 0 bridgehead atoms. The van der Waals surface area contributed by atoms with Gasteiger partial charge in [-0.15, -0.1) is 0 Å². The van der Waals surface area contributed by atoms with Crippen molar-refractivity contribution in [3.05, 3.63) is 11.0 Å². The third-order valence-electron chi connectivity index (χ3n) is 3.10. The van der Waals surface area contributed by atoms with Crippen LogP contribution >= 0.6 is 22.6 Å². The summed E-state index contributed by atoms with van der Waals surface area (Å²) in [6.07, 6.45) is 2.41. The van der Waals surface area contributed by atoms with Crippen molar-refractivity contribution in [1.82, 2.24) is 0 Å². The summed E-state index contributed by atoms with van der Waals surface area (Å²) in [5, 5.41) is 18.8. The van der Waals surface area contributed by atoms with Crippen LogP contribution < -0.4 is 5.73 Å². The number of hydrogen-bond acceptors (Lipinski definition) is 4. The monoisotopic (exact) mass is 353 g/mol. The van der Waals surface area contributed by atoms with E-state index >= 15 is 0 Å². The number of hydrogen-bond donors (Lipinski definition) is 3. The van der Waals surface area contributed by atoms with Crippen molar-refractivity contribution in [2.24, 2.45) is 5.73 Å². The minimum atomic E-state index is -0.546. The van der Waals surface area contributed by atoms with Gasteiger partial charge < -0.3 is 20.6 Å². The van der Waals surface area contributed by atoms with Crippen molar-refractivity contribution in [3.8, 4) is 0 Å². The van der Waals surface area contributed by atoms with E-state index in [4.69, 9.17) is 15.5 Å². The smallest absolute Gasteiger partial charge is 0.306 e. The standard InChI is InChI=1S/C11H21BINO3/c1-7(6-15)17-12-11-8(10(16)5-14)3-2-4-9(11)13/h7,9-10,12,15-16H,2-6,14H2,1H3. The summed E-state index contributed by atoms with van der Waals surface area (Å²) in [6.45, 7) is 2.12. The Kier molecular flexibility index (Phi) is 7.02. The number of allylic oxidation sites excluding steroid dienone is 1. The molecule has 4 nitrogen and oxygen atoms in total. The van der Waals surface area contributed by atoms with Gasteiger partial charge in [-0.25, -0.2) is 0 Å². The molecule has 1 rings (SSSR count). The van der Waals surface area contributed by atoms with Crippen LogP contribution in [0.1, 0.15) is 26.2 Å². The summed E-state index contributed by atoms with van der Waals surface area (Å²) < 4.78 is 5.97. The third-order valence-corrected chi connectivity index (χ3v) is 4.47. The van der Waals surface area contributed by atoms with Crippen molar-refractivity contribution in [1.29, 1.82) is 0 Å². The van der Waals surface area contributed by atoms with Gasteiger partial charge in [0.05, 0.1) is 18.8 Å². The Labute approximate surface area is 117 Å². The van der Waals surface area contributed by atoms with E-state index in [1.807, 2.05) is 6.92 Å². The molecule has 0 heterocycles. The summed E-state index contributed by atoms with van der Waals surface area (Å²) in [7, 11) is 0.488. The molecule has 3 unspecified atom stereocenters. The number of rotatable bonds is 6. The van der Waals surface area contributed by atoms with Crippen LogP contribution in [0.5, 0.6) is 0 Å². The van der Waals surface area contributed by atoms with Gasteiger partial charge in [-0.1, -0.05) is 28.1 Å². The number of alkyl halides is 1. The fourth-order valence-corrected chi connectivity index (χ4v) is 3.02. The second kappa shape index (κ2) is 7.73. The van der Waals surface area contributed by atoms with Crippen molar-refractivity contribution >= 4 is 30.1 Å². The average Bonchev–Trinajstić information content (AvgIpc) is 2.35. The Balaban J connectivity index is 2.74. The first-order valence-corrected chi connectivity index (χ1v) is 7.31. The van der Waals surface area contributed by atoms with Crippen LogP contribution in [-0.2, 0) is 4.65 Å². The molecule has 0 fully saturated rings. The molecule has 98 valence electrons. The van der Waals surface area contributed by atoms with E-state index in [2.05, 4.69) is 22.6 Å². The molecule has 0 spiro atoms. The highest BCUT2D eigenvalue weighted by Gasteiger charge is 2.25. The molecule has 4 N–H and O–H groups in total. The van der Waals surface area contributed by atoms with Crippen LogP contribution in [-0.4, -0.2) is 47.0 Å². The molecular weight excluding hydrogens is 332 g/mol. The van der Waals surface area contributed by atoms with Gasteiger partial charge in [0, 0.05) is 10.5 Å². The van der Waals surface area contributed by atoms with E-state index in [-0.39, 0.29) is 19.3 Å². The lowest BCUT2D eigenvalue weighted by Gasteiger charge is -2.27. The van der Waals surface area contributed by atoms with Gasteiger partial charge in [-0.05, 0) is 31.8 Å². The van der Waals surface area contributed by atoms with Crippen LogP contribution in [0.4, 0.5) is 0 Å². The summed E-state index contributed by atoms with van der Waals surface area (Å²) >= 11 is 2.39. The van der Waals surface area contributed by atoms with Crippen LogP contribution in [0.15, 0.2) is 11.0 Å². The molecule has 1 aliphatic rings. The van der Waals surface area contributed by atoms with Crippen LogP contribution in [0.2, 0.25) is 0 Å². The predicted octanol–water partition coefficient (Wildman–Crippen LogP) is 0.296. The second-order valence-electron chi connectivity index (χ2n) is 4.47. The maximum Gasteiger partial charge on any atom is 0.306 e. The largest absolute Gasteiger partial charge is 0.430 e. The minimum Gasteiger partial charge on any atom is -0.430 e. The van der Waals surface area contributed by atoms with Crippen LogP contribution in [0.25, 0.3) is 0 Å². The highest BCUT2D eigenvalue weighted by molar-refractivity contribution is 14.1. The molecule has 0 aromatic rings. The molecule has 3 atom stereocenters. The molecule has 0 amide bonds. The Morgan fingerprint density at radius 3 is 2.94 bits per heavy atom. The fraction of sp³-hybridized carbons (Fsp3) is 0.818. The van der Waals surface area contributed by atoms with Crippen molar-refractivity contribution in [2.75, 3.05) is 13.2 Å². The first-order valence-electron chi connectivity index (χ1n) is 6.06. The third kappa shape index (κ3) is 4.52. The number of halogens is 1. The maximum absolute atomic E-state index is 9.90. The Bertz CT molecular complexity index is 275. The van der Waals surface area contributed by atoms with Crippen LogP contribution in [0, 0.1) is 0 Å². The summed E-state index contributed by atoms with van der Waals surface area (Å²) in [5.74, 6) is 0. The number of nitrogens with two attached hydrogens (primary N) is 1. The zero-order valence-corrected chi connectivity index (χ0v) is 12.4. The predicted molar refractivity (Wildman–Crippen MR) is 78.5 cm³/mol. The highest BCUT2D eigenvalue weighted by atomic mass is 127. The molecule has 1 aliphatic carbocycles. The zero-order chi connectivity index (χ0) is 12.8. The summed E-state index contributed by atoms with van der Waals surface area (Å²) in [4.78, 5) is 0. The van der Waals surface area contributed by atoms with E-state index in [0.717, 1.165) is 30.3 Å². The lowest BCUT2D eigenvalue weighted by molar-refractivity contribution is 0.135. The van der Waals surface area contributed by atoms with E-state index in [0.29, 0.717) is 11.4 Å². The van der Waals surface area contributed by atoms with Gasteiger partial charge in [-0.2, -0.15) is 0 Å². The topological polar surface area (TPSA) is 75.7 Å². The van der Waals surface area contributed by atoms with E-state index < -0.39 is 6.10 Å². The van der Waals surface area contributed by atoms with Gasteiger partial charge in [-0.3, -0.25) is 0 Å². The first kappa shape index (κ1) is 15.4. The van der Waals surface area contributed by atoms with Crippen molar-refractivity contribution < 1.29 is 14.9 Å². The van der Waals surface area contributed by atoms with E-state index in [1.165, 1.54) is 0 Å². The Morgan fingerprint density at radius 1 is 1.65 bits per heavy atom. The minimum absolute atomic E-state index is 0.0218. The fourth-order valence-electron chi connectivity index (χ4n) is 2.00. The average molecular weight is 353 g/mol. The normalized spacial score (nSPS) is 24.6. The summed E-state index contributed by atoms with van der Waals surface area (Å²) in [5.41, 5.74) is 7.73. The Hall–Kier alpha value is 0.375. The van der Waals surface area contributed by atoms with Crippen molar-refractivity contribution in [3.63, 3.8) is 0 Å². The van der Waals surface area contributed by atoms with E-state index in [1.54, 1.807) is 0 Å². The molecule has 0 radical (unpaired) electrons. The molecule has 0 saturated heterocycles. The van der Waals surface area contributed by atoms with Crippen LogP contribution in [0.3, 0.4) is 0 Å². The SMILES string of the molecule is CC(CO)OBC1=C(C(O)CN)CCCC1I. The molecule has 17 heavy (non-hydrogen) atoms. The summed E-state index contributed by atoms with van der Waals surface area (Å²) in [6, 6.07) is 0. The van der Waals surface area contributed by atoms with Gasteiger partial charge in [0.25, 0.3) is 0 Å². The molecule has 6 heteroatoms. The molecule has 0 saturated carbocycles. The lowest BCUT2D eigenvalue weighted by atomic mass is 9.73. The van der Waals surface area contributed by atoms with Gasteiger partial charge in [0.2, 0.25) is 0 Å². The highest BCUT2D eigenvalue weighted by Crippen LogP contribution is 2.31. The van der Waals surface area contributed by atoms with Gasteiger partial charge >= 0.3 is 7.48 Å².